The van der Waals surface area contributed by atoms with Crippen LogP contribution in [0.3, 0.4) is 0 Å². The van der Waals surface area contributed by atoms with E-state index in [4.69, 9.17) is 15.3 Å². The van der Waals surface area contributed by atoms with Gasteiger partial charge in [0.1, 0.15) is 17.8 Å². The maximum atomic E-state index is 14.1. The van der Waals surface area contributed by atoms with Crippen LogP contribution in [0.2, 0.25) is 0 Å². The smallest absolute Gasteiger partial charge is 0.312 e. The summed E-state index contributed by atoms with van der Waals surface area (Å²) in [6.45, 7) is 4.05. The van der Waals surface area contributed by atoms with E-state index in [1.54, 1.807) is 0 Å². The predicted molar refractivity (Wildman–Crippen MR) is 147 cm³/mol. The molecule has 21 heteroatoms. The highest BCUT2D eigenvalue weighted by Gasteiger charge is 2.79. The van der Waals surface area contributed by atoms with E-state index in [0.29, 0.717) is 0 Å². The quantitative estimate of drug-likeness (QED) is 0.222. The lowest BCUT2D eigenvalue weighted by Crippen LogP contribution is -2.66. The van der Waals surface area contributed by atoms with E-state index in [0.717, 1.165) is 0 Å². The van der Waals surface area contributed by atoms with E-state index in [2.05, 4.69) is 0 Å². The lowest BCUT2D eigenvalue weighted by Gasteiger charge is -2.47. The zero-order chi connectivity index (χ0) is 40.9. The Bertz CT molecular complexity index is 1270. The molecule has 9 atom stereocenters. The summed E-state index contributed by atoms with van der Waals surface area (Å²) < 4.78 is 203. The first-order valence-electron chi connectivity index (χ1n) is 15.4. The Morgan fingerprint density at radius 1 is 0.588 bits per heavy atom. The second-order valence-corrected chi connectivity index (χ2v) is 13.7. The zero-order valence-corrected chi connectivity index (χ0v) is 27.9. The van der Waals surface area contributed by atoms with Gasteiger partial charge in [-0.25, -0.2) is 65.9 Å². The summed E-state index contributed by atoms with van der Waals surface area (Å²) in [7, 11) is 0. The third-order valence-electron chi connectivity index (χ3n) is 10.2. The molecule has 51 heavy (non-hydrogen) atoms. The number of carboxylic acids is 3. The molecule has 0 aromatic carbocycles. The molecule has 0 heterocycles. The number of aliphatic carboxylic acids is 3. The number of hydrogen-bond donors (Lipinski definition) is 3. The first-order valence-corrected chi connectivity index (χ1v) is 15.4. The van der Waals surface area contributed by atoms with Crippen molar-refractivity contribution >= 4 is 17.9 Å². The second kappa shape index (κ2) is 14.3. The summed E-state index contributed by atoms with van der Waals surface area (Å²) >= 11 is 0. The molecule has 3 saturated carbocycles. The Hall–Kier alpha value is -2.64. The highest BCUT2D eigenvalue weighted by atomic mass is 19.3. The topological polar surface area (TPSA) is 112 Å². The van der Waals surface area contributed by atoms with Crippen molar-refractivity contribution < 1.29 is 95.6 Å². The molecule has 300 valence electrons. The van der Waals surface area contributed by atoms with Gasteiger partial charge in [-0.1, -0.05) is 20.8 Å². The average molecular weight is 781 g/mol. The Labute approximate surface area is 282 Å². The number of hydrogen-bond acceptors (Lipinski definition) is 3. The van der Waals surface area contributed by atoms with Crippen molar-refractivity contribution in [1.29, 1.82) is 0 Å². The minimum absolute atomic E-state index is 0.0534. The van der Waals surface area contributed by atoms with Crippen LogP contribution in [0.1, 0.15) is 80.1 Å². The fraction of sp³-hybridized carbons (Fsp3) is 0.900. The van der Waals surface area contributed by atoms with Crippen molar-refractivity contribution in [3.63, 3.8) is 0 Å². The van der Waals surface area contributed by atoms with Gasteiger partial charge in [0.25, 0.3) is 23.7 Å². The average Bonchev–Trinajstić information content (AvgIpc) is 3.15. The van der Waals surface area contributed by atoms with Gasteiger partial charge in [-0.3, -0.25) is 14.4 Å². The molecular weight excluding hydrogens is 741 g/mol. The van der Waals surface area contributed by atoms with Gasteiger partial charge in [0.15, 0.2) is 0 Å². The number of rotatable bonds is 7. The maximum Gasteiger partial charge on any atom is 0.312 e. The van der Waals surface area contributed by atoms with Crippen LogP contribution in [-0.4, -0.2) is 85.8 Å². The van der Waals surface area contributed by atoms with E-state index in [9.17, 15) is 80.2 Å². The molecule has 0 radical (unpaired) electrons. The molecule has 0 aromatic heterocycles. The van der Waals surface area contributed by atoms with Crippen LogP contribution in [0.5, 0.6) is 0 Å². The minimum Gasteiger partial charge on any atom is -0.481 e. The predicted octanol–water partition coefficient (Wildman–Crippen LogP) is 9.35. The third kappa shape index (κ3) is 7.45. The van der Waals surface area contributed by atoms with Crippen molar-refractivity contribution in [1.82, 2.24) is 0 Å². The van der Waals surface area contributed by atoms with Crippen LogP contribution in [0.4, 0.5) is 65.9 Å². The monoisotopic (exact) mass is 780 g/mol. The molecule has 0 amide bonds. The Kier molecular flexibility index (Phi) is 13.0. The standard InChI is InChI=1S/3C10H13F5O2/c1-5-3-6(7(16)17)10(14,15)9(13,4-5)8(2,11)12;1-3-5-4-6(7(16)17)10(14,15)9(5,13)8(2,11)12;1-3-5-4-6(7(16)17)10(14,15)8(2,11)9(5,12)13/h3*5-6H,3-4H2,1-2H3,(H,16,17). The van der Waals surface area contributed by atoms with Gasteiger partial charge < -0.3 is 15.3 Å². The number of alkyl halides is 15. The van der Waals surface area contributed by atoms with Gasteiger partial charge in [-0.15, -0.1) is 0 Å². The van der Waals surface area contributed by atoms with Crippen molar-refractivity contribution in [2.24, 2.45) is 35.5 Å². The molecule has 3 fully saturated rings. The third-order valence-corrected chi connectivity index (χ3v) is 10.2. The van der Waals surface area contributed by atoms with E-state index >= 15 is 0 Å². The van der Waals surface area contributed by atoms with Crippen LogP contribution >= 0.6 is 0 Å². The normalized spacial score (nSPS) is 38.3. The Balaban J connectivity index is 0.000000382. The van der Waals surface area contributed by atoms with E-state index < -0.39 is 132 Å². The second-order valence-electron chi connectivity index (χ2n) is 13.7. The lowest BCUT2D eigenvalue weighted by atomic mass is 9.67. The van der Waals surface area contributed by atoms with Gasteiger partial charge in [0, 0.05) is 25.7 Å². The molecule has 9 unspecified atom stereocenters. The molecule has 0 bridgehead atoms. The Morgan fingerprint density at radius 2 is 0.941 bits per heavy atom. The van der Waals surface area contributed by atoms with Crippen LogP contribution in [0.25, 0.3) is 0 Å². The SMILES string of the molecule is CC1CC(C(=O)O)C(F)(F)C(F)(C(C)(F)F)C1.CCC1CC(C(=O)O)C(F)(F)C(C)(F)C1(F)F.CCC1CC(C(=O)O)C(F)(F)C1(F)C(C)(F)F. The zero-order valence-electron chi connectivity index (χ0n) is 27.9. The lowest BCUT2D eigenvalue weighted by molar-refractivity contribution is -0.304. The van der Waals surface area contributed by atoms with E-state index in [1.165, 1.54) is 20.8 Å². The maximum absolute atomic E-state index is 14.1. The van der Waals surface area contributed by atoms with Crippen molar-refractivity contribution in [3.05, 3.63) is 0 Å². The van der Waals surface area contributed by atoms with Gasteiger partial charge >= 0.3 is 29.8 Å². The molecule has 3 N–H and O–H groups in total. The number of carbonyl (C=O) groups is 3. The van der Waals surface area contributed by atoms with Crippen LogP contribution < -0.4 is 0 Å². The largest absolute Gasteiger partial charge is 0.481 e. The summed E-state index contributed by atoms with van der Waals surface area (Å²) in [5.41, 5.74) is -12.4. The van der Waals surface area contributed by atoms with E-state index in [1.807, 2.05) is 0 Å². The first-order chi connectivity index (χ1) is 22.4. The minimum atomic E-state index is -4.59. The summed E-state index contributed by atoms with van der Waals surface area (Å²) in [5, 5.41) is 25.8. The molecule has 0 saturated heterocycles. The van der Waals surface area contributed by atoms with Crippen molar-refractivity contribution in [2.45, 2.75) is 133 Å². The Morgan fingerprint density at radius 3 is 1.25 bits per heavy atom. The van der Waals surface area contributed by atoms with E-state index in [-0.39, 0.29) is 33.6 Å². The number of halogens is 15. The fourth-order valence-corrected chi connectivity index (χ4v) is 6.92. The summed E-state index contributed by atoms with van der Waals surface area (Å²) in [5.74, 6) is -43.8. The summed E-state index contributed by atoms with van der Waals surface area (Å²) in [6, 6.07) is 0. The number of carboxylic acid groups (broad SMARTS) is 3. The highest BCUT2D eigenvalue weighted by Crippen LogP contribution is 2.61. The summed E-state index contributed by atoms with van der Waals surface area (Å²) in [6.07, 6.45) is -3.78. The molecule has 6 nitrogen and oxygen atoms in total. The van der Waals surface area contributed by atoms with Crippen molar-refractivity contribution in [2.75, 3.05) is 0 Å². The first kappa shape index (κ1) is 46.4. The van der Waals surface area contributed by atoms with Gasteiger partial charge in [0.05, 0.1) is 0 Å². The molecule has 3 rings (SSSR count). The van der Waals surface area contributed by atoms with Crippen molar-refractivity contribution in [3.8, 4) is 0 Å². The molecule has 0 aliphatic heterocycles. The highest BCUT2D eigenvalue weighted by molar-refractivity contribution is 5.73. The summed E-state index contributed by atoms with van der Waals surface area (Å²) in [4.78, 5) is 31.9. The molecule has 3 aliphatic carbocycles. The van der Waals surface area contributed by atoms with Gasteiger partial charge in [0.2, 0.25) is 17.0 Å². The van der Waals surface area contributed by atoms with Crippen LogP contribution in [0, 0.1) is 35.5 Å². The molecular formula is C30H39F15O6. The van der Waals surface area contributed by atoms with Gasteiger partial charge in [-0.05, 0) is 51.4 Å². The molecule has 3 aliphatic rings. The van der Waals surface area contributed by atoms with Crippen LogP contribution in [-0.2, 0) is 14.4 Å². The van der Waals surface area contributed by atoms with Crippen LogP contribution in [0.15, 0.2) is 0 Å². The molecule has 0 spiro atoms. The molecule has 0 aromatic rings. The van der Waals surface area contributed by atoms with Gasteiger partial charge in [-0.2, -0.15) is 0 Å². The fourth-order valence-electron chi connectivity index (χ4n) is 6.92.